The third-order valence-electron chi connectivity index (χ3n) is 4.23. The number of nitrogens with one attached hydrogen (secondary N) is 2. The summed E-state index contributed by atoms with van der Waals surface area (Å²) < 4.78 is 46.3. The molecule has 0 saturated heterocycles. The zero-order valence-electron chi connectivity index (χ0n) is 14.7. The molecule has 0 unspecified atom stereocenters. The van der Waals surface area contributed by atoms with E-state index in [0.29, 0.717) is 28.3 Å². The van der Waals surface area contributed by atoms with Gasteiger partial charge in [-0.2, -0.15) is 0 Å². The number of carbonyl (C=O) groups excluding carboxylic acids is 1. The molecule has 0 aliphatic carbocycles. The number of carbonyl (C=O) groups is 1. The van der Waals surface area contributed by atoms with Gasteiger partial charge in [0.05, 0.1) is 10.5 Å². The zero-order valence-corrected chi connectivity index (χ0v) is 15.5. The molecule has 0 fully saturated rings. The van der Waals surface area contributed by atoms with Crippen molar-refractivity contribution in [3.8, 4) is 0 Å². The highest BCUT2D eigenvalue weighted by molar-refractivity contribution is 7.92. The van der Waals surface area contributed by atoms with Gasteiger partial charge in [-0.05, 0) is 67.6 Å². The molecule has 0 saturated carbocycles. The summed E-state index contributed by atoms with van der Waals surface area (Å²) in [6.07, 6.45) is 1.57. The summed E-state index contributed by atoms with van der Waals surface area (Å²) in [4.78, 5) is 12.3. The van der Waals surface area contributed by atoms with Crippen molar-refractivity contribution in [1.82, 2.24) is 0 Å². The van der Waals surface area contributed by atoms with Gasteiger partial charge in [0.2, 0.25) is 0 Å². The molecule has 0 bridgehead atoms. The molecular weight excluding hydrogens is 383 g/mol. The molecule has 142 valence electrons. The largest absolute Gasteiger partial charge is 0.462 e. The molecule has 1 aromatic heterocycles. The summed E-state index contributed by atoms with van der Waals surface area (Å²) in [5.41, 5.74) is 1.52. The fraction of sp³-hybridized carbons (Fsp3) is 0.0500. The van der Waals surface area contributed by atoms with Gasteiger partial charge in [-0.3, -0.25) is 9.52 Å². The number of amides is 1. The number of aryl methyl sites for hydroxylation is 1. The van der Waals surface area contributed by atoms with E-state index in [0.717, 1.165) is 12.1 Å². The Hall–Kier alpha value is -3.39. The van der Waals surface area contributed by atoms with Gasteiger partial charge in [-0.15, -0.1) is 0 Å². The Morgan fingerprint density at radius 1 is 1.07 bits per heavy atom. The molecule has 28 heavy (non-hydrogen) atoms. The molecule has 3 aromatic rings. The fourth-order valence-electron chi connectivity index (χ4n) is 2.88. The van der Waals surface area contributed by atoms with E-state index in [1.54, 1.807) is 25.1 Å². The van der Waals surface area contributed by atoms with Crippen LogP contribution >= 0.6 is 0 Å². The molecule has 0 atom stereocenters. The van der Waals surface area contributed by atoms with Crippen LogP contribution in [0.5, 0.6) is 0 Å². The molecule has 8 heteroatoms. The maximum absolute atomic E-state index is 13.0. The van der Waals surface area contributed by atoms with Crippen molar-refractivity contribution in [3.05, 3.63) is 77.5 Å². The van der Waals surface area contributed by atoms with Crippen molar-refractivity contribution in [1.29, 1.82) is 0 Å². The Morgan fingerprint density at radius 2 is 1.82 bits per heavy atom. The maximum Gasteiger partial charge on any atom is 0.261 e. The van der Waals surface area contributed by atoms with Crippen molar-refractivity contribution < 1.29 is 22.0 Å². The van der Waals surface area contributed by atoms with E-state index >= 15 is 0 Å². The average molecular weight is 398 g/mol. The summed E-state index contributed by atoms with van der Waals surface area (Å²) in [6, 6.07) is 12.8. The molecule has 0 radical (unpaired) electrons. The number of furan rings is 1. The van der Waals surface area contributed by atoms with E-state index in [9.17, 15) is 17.6 Å². The highest BCUT2D eigenvalue weighted by Crippen LogP contribution is 2.35. The van der Waals surface area contributed by atoms with Crippen LogP contribution < -0.4 is 10.0 Å². The van der Waals surface area contributed by atoms with Crippen LogP contribution in [0.2, 0.25) is 0 Å². The van der Waals surface area contributed by atoms with Gasteiger partial charge < -0.3 is 9.73 Å². The lowest BCUT2D eigenvalue weighted by atomic mass is 10.1. The number of hydrogen-bond donors (Lipinski definition) is 2. The zero-order chi connectivity index (χ0) is 19.9. The third kappa shape index (κ3) is 3.41. The van der Waals surface area contributed by atoms with Crippen LogP contribution in [0.1, 0.15) is 17.1 Å². The predicted octanol–water partition coefficient (Wildman–Crippen LogP) is 4.02. The fourth-order valence-corrected chi connectivity index (χ4v) is 3.97. The van der Waals surface area contributed by atoms with Crippen molar-refractivity contribution >= 4 is 39.0 Å². The SMILES string of the molecule is Cc1ccc(C=C2C(=O)Nc3ccc(S(=O)(=O)Nc4ccc(F)cc4)cc32)o1. The lowest BCUT2D eigenvalue weighted by molar-refractivity contribution is -0.110. The van der Waals surface area contributed by atoms with Crippen LogP contribution in [-0.2, 0) is 14.8 Å². The Kier molecular flexibility index (Phi) is 4.27. The number of rotatable bonds is 4. The first kappa shape index (κ1) is 18.0. The van der Waals surface area contributed by atoms with Crippen LogP contribution in [0.4, 0.5) is 15.8 Å². The quantitative estimate of drug-likeness (QED) is 0.650. The third-order valence-corrected chi connectivity index (χ3v) is 5.61. The van der Waals surface area contributed by atoms with Crippen LogP contribution in [0.15, 0.2) is 63.9 Å². The number of fused-ring (bicyclic) bond motifs is 1. The van der Waals surface area contributed by atoms with Crippen LogP contribution in [0.25, 0.3) is 11.6 Å². The predicted molar refractivity (Wildman–Crippen MR) is 104 cm³/mol. The molecule has 1 aliphatic rings. The van der Waals surface area contributed by atoms with E-state index < -0.39 is 15.8 Å². The second-order valence-electron chi connectivity index (χ2n) is 6.28. The second-order valence-corrected chi connectivity index (χ2v) is 7.96. The highest BCUT2D eigenvalue weighted by Gasteiger charge is 2.27. The molecule has 1 amide bonds. The molecule has 6 nitrogen and oxygen atoms in total. The smallest absolute Gasteiger partial charge is 0.261 e. The normalized spacial score (nSPS) is 14.8. The van der Waals surface area contributed by atoms with Crippen molar-refractivity contribution in [2.24, 2.45) is 0 Å². The number of hydrogen-bond acceptors (Lipinski definition) is 4. The van der Waals surface area contributed by atoms with Crippen molar-refractivity contribution in [2.45, 2.75) is 11.8 Å². The van der Waals surface area contributed by atoms with Gasteiger partial charge in [0.1, 0.15) is 17.3 Å². The van der Waals surface area contributed by atoms with Gasteiger partial charge in [0.25, 0.3) is 15.9 Å². The first-order valence-corrected chi connectivity index (χ1v) is 9.82. The molecule has 2 aromatic carbocycles. The first-order chi connectivity index (χ1) is 13.3. The second kappa shape index (κ2) is 6.65. The van der Waals surface area contributed by atoms with Gasteiger partial charge in [0, 0.05) is 16.9 Å². The molecule has 0 spiro atoms. The standard InChI is InChI=1S/C20H15FN2O4S/c1-12-2-7-15(27-12)10-18-17-11-16(8-9-19(17)22-20(18)24)28(25,26)23-14-5-3-13(21)4-6-14/h2-11,23H,1H3,(H,22,24). The van der Waals surface area contributed by atoms with Gasteiger partial charge in [-0.25, -0.2) is 12.8 Å². The number of benzene rings is 2. The summed E-state index contributed by atoms with van der Waals surface area (Å²) in [5, 5.41) is 2.70. The van der Waals surface area contributed by atoms with E-state index in [4.69, 9.17) is 4.42 Å². The Labute approximate surface area is 160 Å². The molecule has 1 aliphatic heterocycles. The van der Waals surface area contributed by atoms with Crippen molar-refractivity contribution in [3.63, 3.8) is 0 Å². The first-order valence-electron chi connectivity index (χ1n) is 8.34. The molecule has 2 N–H and O–H groups in total. The van der Waals surface area contributed by atoms with Gasteiger partial charge in [-0.1, -0.05) is 0 Å². The Bertz CT molecular complexity index is 1210. The van der Waals surface area contributed by atoms with Crippen LogP contribution in [0, 0.1) is 12.7 Å². The minimum Gasteiger partial charge on any atom is -0.462 e. The average Bonchev–Trinajstić information content (AvgIpc) is 3.20. The molecule has 2 heterocycles. The topological polar surface area (TPSA) is 88.4 Å². The van der Waals surface area contributed by atoms with Gasteiger partial charge >= 0.3 is 0 Å². The Morgan fingerprint density at radius 3 is 2.50 bits per heavy atom. The van der Waals surface area contributed by atoms with E-state index in [2.05, 4.69) is 10.0 Å². The molecule has 4 rings (SSSR count). The van der Waals surface area contributed by atoms with Crippen LogP contribution in [0.3, 0.4) is 0 Å². The van der Waals surface area contributed by atoms with E-state index in [1.165, 1.54) is 30.3 Å². The van der Waals surface area contributed by atoms with E-state index in [1.807, 2.05) is 0 Å². The lowest BCUT2D eigenvalue weighted by Gasteiger charge is -2.09. The Balaban J connectivity index is 1.71. The lowest BCUT2D eigenvalue weighted by Crippen LogP contribution is -2.13. The van der Waals surface area contributed by atoms with Crippen LogP contribution in [-0.4, -0.2) is 14.3 Å². The minimum atomic E-state index is -3.92. The minimum absolute atomic E-state index is 0.0198. The summed E-state index contributed by atoms with van der Waals surface area (Å²) >= 11 is 0. The summed E-state index contributed by atoms with van der Waals surface area (Å²) in [7, 11) is -3.92. The summed E-state index contributed by atoms with van der Waals surface area (Å²) in [5.74, 6) is 0.386. The van der Waals surface area contributed by atoms with E-state index in [-0.39, 0.29) is 16.5 Å². The number of halogens is 1. The number of anilines is 2. The molecular formula is C20H15FN2O4S. The monoisotopic (exact) mass is 398 g/mol. The van der Waals surface area contributed by atoms with Gasteiger partial charge in [0.15, 0.2) is 0 Å². The maximum atomic E-state index is 13.0. The van der Waals surface area contributed by atoms with Crippen molar-refractivity contribution in [2.75, 3.05) is 10.0 Å². The summed E-state index contributed by atoms with van der Waals surface area (Å²) in [6.45, 7) is 1.79. The number of sulfonamides is 1. The highest BCUT2D eigenvalue weighted by atomic mass is 32.2.